The summed E-state index contributed by atoms with van der Waals surface area (Å²) >= 11 is 14.5. The molecule has 2 rings (SSSR count). The second-order valence-electron chi connectivity index (χ2n) is 3.83. The molecule has 0 fully saturated rings. The first-order valence-corrected chi connectivity index (χ1v) is 8.22. The average molecular weight is 520 g/mol. The topological polar surface area (TPSA) is 20.2 Å². The summed E-state index contributed by atoms with van der Waals surface area (Å²) in [5, 5.41) is 10.3. The molecule has 0 aliphatic rings. The molecule has 2 aromatic carbocycles. The zero-order valence-corrected chi connectivity index (χ0v) is 15.4. The minimum atomic E-state index is -1.07. The molecule has 1 atom stereocenters. The number of halogens is 5. The van der Waals surface area contributed by atoms with Gasteiger partial charge in [0.2, 0.25) is 0 Å². The summed E-state index contributed by atoms with van der Waals surface area (Å²) in [6.45, 7) is 0. The fraction of sp³-hybridized carbons (Fsp3) is 0.0769. The molecule has 0 bridgehead atoms. The molecule has 0 radical (unpaired) electrons. The zero-order chi connectivity index (χ0) is 14.2. The van der Waals surface area contributed by atoms with Crippen LogP contribution in [0, 0.1) is 9.39 Å². The van der Waals surface area contributed by atoms with Gasteiger partial charge in [0.15, 0.2) is 0 Å². The van der Waals surface area contributed by atoms with Crippen LogP contribution >= 0.6 is 66.1 Å². The number of hydrogen-bond acceptors (Lipinski definition) is 1. The van der Waals surface area contributed by atoms with Gasteiger partial charge in [0.25, 0.3) is 0 Å². The Morgan fingerprint density at radius 1 is 1.11 bits per heavy atom. The van der Waals surface area contributed by atoms with Gasteiger partial charge in [-0.05, 0) is 62.8 Å². The number of hydrogen-bond donors (Lipinski definition) is 1. The van der Waals surface area contributed by atoms with Crippen LogP contribution in [0.2, 0.25) is 5.02 Å². The van der Waals surface area contributed by atoms with Gasteiger partial charge >= 0.3 is 0 Å². The quantitative estimate of drug-likeness (QED) is 0.399. The van der Waals surface area contributed by atoms with E-state index in [2.05, 4.69) is 54.5 Å². The van der Waals surface area contributed by atoms with E-state index in [9.17, 15) is 9.50 Å². The molecule has 0 heterocycles. The normalized spacial score (nSPS) is 12.5. The van der Waals surface area contributed by atoms with Gasteiger partial charge < -0.3 is 5.11 Å². The molecular formula is C13H7Br2ClFIO. The summed E-state index contributed by atoms with van der Waals surface area (Å²) in [6, 6.07) is 8.64. The van der Waals surface area contributed by atoms with Gasteiger partial charge in [0, 0.05) is 23.6 Å². The largest absolute Gasteiger partial charge is 0.384 e. The second kappa shape index (κ2) is 6.39. The molecule has 100 valence electrons. The van der Waals surface area contributed by atoms with Crippen LogP contribution in [0.1, 0.15) is 17.2 Å². The summed E-state index contributed by atoms with van der Waals surface area (Å²) in [4.78, 5) is 0. The van der Waals surface area contributed by atoms with Crippen molar-refractivity contribution in [3.8, 4) is 0 Å². The minimum absolute atomic E-state index is 0.0294. The maximum atomic E-state index is 14.1. The number of aliphatic hydroxyl groups excluding tert-OH is 1. The Labute approximate surface area is 145 Å². The van der Waals surface area contributed by atoms with Crippen LogP contribution < -0.4 is 0 Å². The van der Waals surface area contributed by atoms with Crippen LogP contribution in [0.25, 0.3) is 0 Å². The molecule has 1 N–H and O–H groups in total. The third kappa shape index (κ3) is 3.32. The van der Waals surface area contributed by atoms with Crippen LogP contribution in [0.3, 0.4) is 0 Å². The van der Waals surface area contributed by atoms with Crippen molar-refractivity contribution in [2.75, 3.05) is 0 Å². The molecule has 2 aromatic rings. The summed E-state index contributed by atoms with van der Waals surface area (Å²) in [5.41, 5.74) is 0.750. The van der Waals surface area contributed by atoms with Crippen LogP contribution in [-0.4, -0.2) is 5.11 Å². The fourth-order valence-corrected chi connectivity index (χ4v) is 3.10. The van der Waals surface area contributed by atoms with E-state index in [0.717, 1.165) is 8.04 Å². The van der Waals surface area contributed by atoms with Crippen molar-refractivity contribution in [1.29, 1.82) is 0 Å². The molecule has 6 heteroatoms. The lowest BCUT2D eigenvalue weighted by molar-refractivity contribution is 0.214. The highest BCUT2D eigenvalue weighted by molar-refractivity contribution is 14.1. The smallest absolute Gasteiger partial charge is 0.149 e. The first kappa shape index (κ1) is 15.7. The number of rotatable bonds is 2. The third-order valence-electron chi connectivity index (χ3n) is 2.61. The zero-order valence-electron chi connectivity index (χ0n) is 9.30. The Bertz CT molecular complexity index is 636. The molecule has 0 saturated heterocycles. The standard InChI is InChI=1S/C13H7Br2ClFIO/c14-9-3-1-6(18)5-8(9)13(19)7-2-4-10(15)11(16)12(7)17/h1-5,13,19H. The first-order valence-electron chi connectivity index (χ1n) is 5.18. The monoisotopic (exact) mass is 518 g/mol. The van der Waals surface area contributed by atoms with Crippen molar-refractivity contribution in [1.82, 2.24) is 0 Å². The summed E-state index contributed by atoms with van der Waals surface area (Å²) in [5.74, 6) is -0.616. The van der Waals surface area contributed by atoms with E-state index in [1.54, 1.807) is 12.1 Å². The Morgan fingerprint density at radius 3 is 2.42 bits per heavy atom. The summed E-state index contributed by atoms with van der Waals surface area (Å²) < 4.78 is 16.2. The highest BCUT2D eigenvalue weighted by Gasteiger charge is 2.20. The van der Waals surface area contributed by atoms with Gasteiger partial charge in [-0.15, -0.1) is 0 Å². The third-order valence-corrected chi connectivity index (χ3v) is 5.26. The van der Waals surface area contributed by atoms with Gasteiger partial charge in [0.1, 0.15) is 11.9 Å². The van der Waals surface area contributed by atoms with Crippen molar-refractivity contribution < 1.29 is 9.50 Å². The van der Waals surface area contributed by atoms with E-state index < -0.39 is 11.9 Å². The average Bonchev–Trinajstić information content (AvgIpc) is 2.38. The van der Waals surface area contributed by atoms with Crippen LogP contribution in [-0.2, 0) is 0 Å². The van der Waals surface area contributed by atoms with E-state index in [1.807, 2.05) is 12.1 Å². The highest BCUT2D eigenvalue weighted by atomic mass is 127. The van der Waals surface area contributed by atoms with Crippen LogP contribution in [0.5, 0.6) is 0 Å². The van der Waals surface area contributed by atoms with Crippen molar-refractivity contribution in [3.63, 3.8) is 0 Å². The molecule has 1 nitrogen and oxygen atoms in total. The molecule has 0 aliphatic heterocycles. The molecular weight excluding hydrogens is 513 g/mol. The molecule has 0 aliphatic carbocycles. The maximum Gasteiger partial charge on any atom is 0.149 e. The predicted molar refractivity (Wildman–Crippen MR) is 90.0 cm³/mol. The Kier molecular flexibility index (Phi) is 5.28. The lowest BCUT2D eigenvalue weighted by Crippen LogP contribution is -2.04. The van der Waals surface area contributed by atoms with E-state index >= 15 is 0 Å². The van der Waals surface area contributed by atoms with E-state index in [4.69, 9.17) is 11.6 Å². The van der Waals surface area contributed by atoms with Gasteiger partial charge in [-0.3, -0.25) is 0 Å². The summed E-state index contributed by atoms with van der Waals surface area (Å²) in [6.07, 6.45) is -1.07. The van der Waals surface area contributed by atoms with Crippen LogP contribution in [0.15, 0.2) is 39.3 Å². The van der Waals surface area contributed by atoms with Crippen LogP contribution in [0.4, 0.5) is 4.39 Å². The number of benzene rings is 2. The Morgan fingerprint density at radius 2 is 1.74 bits per heavy atom. The van der Waals surface area contributed by atoms with Crippen molar-refractivity contribution >= 4 is 66.1 Å². The Hall–Kier alpha value is 0.310. The van der Waals surface area contributed by atoms with E-state index in [0.29, 0.717) is 10.0 Å². The molecule has 19 heavy (non-hydrogen) atoms. The number of aliphatic hydroxyl groups is 1. The predicted octanol–water partition coefficient (Wildman–Crippen LogP) is 5.69. The van der Waals surface area contributed by atoms with Crippen molar-refractivity contribution in [3.05, 3.63) is 64.8 Å². The lowest BCUT2D eigenvalue weighted by atomic mass is 10.0. The second-order valence-corrected chi connectivity index (χ2v) is 7.17. The van der Waals surface area contributed by atoms with E-state index in [1.165, 1.54) is 6.07 Å². The molecule has 0 amide bonds. The SMILES string of the molecule is OC(c1cc(I)ccc1Br)c1ccc(Br)c(Cl)c1F. The highest BCUT2D eigenvalue weighted by Crippen LogP contribution is 2.35. The molecule has 0 aromatic heterocycles. The fourth-order valence-electron chi connectivity index (χ4n) is 1.64. The van der Waals surface area contributed by atoms with E-state index in [-0.39, 0.29) is 10.6 Å². The summed E-state index contributed by atoms with van der Waals surface area (Å²) in [7, 11) is 0. The maximum absolute atomic E-state index is 14.1. The Balaban J connectivity index is 2.53. The van der Waals surface area contributed by atoms with Gasteiger partial charge in [-0.25, -0.2) is 4.39 Å². The lowest BCUT2D eigenvalue weighted by Gasteiger charge is -2.15. The van der Waals surface area contributed by atoms with Crippen molar-refractivity contribution in [2.45, 2.75) is 6.10 Å². The van der Waals surface area contributed by atoms with Gasteiger partial charge in [-0.1, -0.05) is 33.6 Å². The van der Waals surface area contributed by atoms with Crippen molar-refractivity contribution in [2.24, 2.45) is 0 Å². The first-order chi connectivity index (χ1) is 8.91. The van der Waals surface area contributed by atoms with Gasteiger partial charge in [-0.2, -0.15) is 0 Å². The minimum Gasteiger partial charge on any atom is -0.384 e. The van der Waals surface area contributed by atoms with Gasteiger partial charge in [0.05, 0.1) is 5.02 Å². The molecule has 1 unspecified atom stereocenters. The molecule has 0 saturated carbocycles. The molecule has 0 spiro atoms.